The number of hydrogen-bond donors (Lipinski definition) is 3. The predicted molar refractivity (Wildman–Crippen MR) is 362 cm³/mol. The van der Waals surface area contributed by atoms with Crippen molar-refractivity contribution < 1.29 is 91.3 Å². The van der Waals surface area contributed by atoms with Crippen LogP contribution < -0.4 is 5.32 Å². The van der Waals surface area contributed by atoms with E-state index in [1.807, 2.05) is 0 Å². The van der Waals surface area contributed by atoms with Gasteiger partial charge in [0.05, 0.1) is 31.1 Å². The van der Waals surface area contributed by atoms with E-state index >= 15 is 4.79 Å². The maximum Gasteiger partial charge on any atom is 0.350 e. The minimum atomic E-state index is -2.45. The van der Waals surface area contributed by atoms with Gasteiger partial charge in [0.2, 0.25) is 6.10 Å². The number of Topliss-reactive ketones (excluding diaryl/α,β-unsaturated/α-hetero) is 1. The van der Waals surface area contributed by atoms with E-state index in [1.54, 1.807) is 73.7 Å². The van der Waals surface area contributed by atoms with Gasteiger partial charge in [0, 0.05) is 56.9 Å². The third kappa shape index (κ3) is 16.0. The summed E-state index contributed by atoms with van der Waals surface area (Å²) in [5, 5.41) is 28.2. The molecule has 3 N–H and O–H groups in total. The SMILES string of the molecule is CC(=O)OC1C(=O)CC(O)CC2OCC2(OC(C)=O)C(C)C(OC(=O)c2ccccc2)C2(O)CC(OC(=O)C(OC(=O)COC(=O)CCC(=O)OC3CCC4(C)C(=CCC5C4CCC4(C)C(C(C)CCCC(C)C)CCC54)C3)C(NC(=O)c3ccccc3)c3ccccc3)C(C)=C1C2C. The van der Waals surface area contributed by atoms with Gasteiger partial charge in [0.15, 0.2) is 24.1 Å². The van der Waals surface area contributed by atoms with Crippen LogP contribution in [0.5, 0.6) is 0 Å². The van der Waals surface area contributed by atoms with E-state index in [9.17, 15) is 48.6 Å². The molecule has 1 amide bonds. The van der Waals surface area contributed by atoms with Gasteiger partial charge >= 0.3 is 41.8 Å². The van der Waals surface area contributed by atoms with Gasteiger partial charge in [0.25, 0.3) is 5.91 Å². The second kappa shape index (κ2) is 31.1. The lowest BCUT2D eigenvalue weighted by Gasteiger charge is -2.58. The fourth-order valence-corrected chi connectivity index (χ4v) is 18.5. The van der Waals surface area contributed by atoms with E-state index in [0.29, 0.717) is 36.0 Å². The van der Waals surface area contributed by atoms with Crippen LogP contribution in [-0.2, 0) is 71.5 Å². The molecule has 2 bridgehead atoms. The summed E-state index contributed by atoms with van der Waals surface area (Å²) in [4.78, 5) is 126. The highest BCUT2D eigenvalue weighted by Crippen LogP contribution is 2.67. The number of ether oxygens (including phenoxy) is 8. The Labute approximate surface area is 581 Å². The number of ketones is 1. The number of aliphatic hydroxyl groups excluding tert-OH is 1. The first-order valence-corrected chi connectivity index (χ1v) is 35.8. The molecule has 10 rings (SSSR count). The summed E-state index contributed by atoms with van der Waals surface area (Å²) in [6, 6.07) is 22.3. The number of aliphatic hydroxyl groups is 2. The van der Waals surface area contributed by atoms with Gasteiger partial charge in [-0.2, -0.15) is 0 Å². The van der Waals surface area contributed by atoms with Crippen LogP contribution in [-0.4, -0.2) is 131 Å². The summed E-state index contributed by atoms with van der Waals surface area (Å²) in [5.41, 5.74) is -1.96. The number of carbonyl (C=O) groups is 9. The topological polar surface area (TPSA) is 280 Å². The van der Waals surface area contributed by atoms with Crippen LogP contribution in [0.4, 0.5) is 0 Å². The number of rotatable bonds is 22. The number of esters is 7. The first kappa shape index (κ1) is 74.1. The first-order chi connectivity index (χ1) is 47.1. The van der Waals surface area contributed by atoms with E-state index in [0.717, 1.165) is 44.4 Å². The Morgan fingerprint density at radius 3 is 2.05 bits per heavy atom. The zero-order valence-electron chi connectivity index (χ0n) is 59.0. The second-order valence-electron chi connectivity index (χ2n) is 30.3. The van der Waals surface area contributed by atoms with Gasteiger partial charge in [-0.15, -0.1) is 0 Å². The fourth-order valence-electron chi connectivity index (χ4n) is 18.5. The van der Waals surface area contributed by atoms with Crippen LogP contribution in [0.3, 0.4) is 0 Å². The van der Waals surface area contributed by atoms with Crippen molar-refractivity contribution in [2.45, 2.75) is 232 Å². The molecule has 1 saturated heterocycles. The molecule has 1 aliphatic heterocycles. The van der Waals surface area contributed by atoms with Gasteiger partial charge in [-0.05, 0) is 139 Å². The van der Waals surface area contributed by atoms with Crippen LogP contribution >= 0.6 is 0 Å². The van der Waals surface area contributed by atoms with Crippen molar-refractivity contribution in [2.24, 2.45) is 58.2 Å². The lowest BCUT2D eigenvalue weighted by atomic mass is 9.47. The van der Waals surface area contributed by atoms with Crippen LogP contribution in [0.25, 0.3) is 0 Å². The Bertz CT molecular complexity index is 3520. The van der Waals surface area contributed by atoms with Crippen molar-refractivity contribution in [3.8, 4) is 0 Å². The molecule has 5 fully saturated rings. The molecule has 536 valence electrons. The smallest absolute Gasteiger partial charge is 0.350 e. The molecule has 19 atom stereocenters. The molecule has 0 radical (unpaired) electrons. The molecule has 0 aromatic heterocycles. The first-order valence-electron chi connectivity index (χ1n) is 35.8. The quantitative estimate of drug-likeness (QED) is 0.0479. The van der Waals surface area contributed by atoms with Crippen LogP contribution in [0.15, 0.2) is 114 Å². The average molecular weight is 1370 g/mol. The molecule has 1 heterocycles. The molecule has 4 saturated carbocycles. The number of benzene rings is 3. The normalized spacial score (nSPS) is 32.7. The van der Waals surface area contributed by atoms with Gasteiger partial charge in [0.1, 0.15) is 36.1 Å². The summed E-state index contributed by atoms with van der Waals surface area (Å²) < 4.78 is 48.0. The molecule has 3 aromatic carbocycles. The number of allylic oxidation sites excluding steroid dienone is 1. The minimum Gasteiger partial charge on any atom is -0.462 e. The van der Waals surface area contributed by atoms with Gasteiger partial charge < -0.3 is 53.4 Å². The highest BCUT2D eigenvalue weighted by atomic mass is 16.6. The Kier molecular flexibility index (Phi) is 23.3. The summed E-state index contributed by atoms with van der Waals surface area (Å²) in [6.07, 6.45) is 2.01. The minimum absolute atomic E-state index is 0.0299. The Hall–Kier alpha value is -7.55. The molecular formula is C79H101NO19. The summed E-state index contributed by atoms with van der Waals surface area (Å²) in [7, 11) is 0. The molecule has 20 heteroatoms. The van der Waals surface area contributed by atoms with E-state index in [2.05, 4.69) is 46.0 Å². The number of nitrogens with one attached hydrogen (secondary N) is 1. The van der Waals surface area contributed by atoms with Crippen molar-refractivity contribution in [2.75, 3.05) is 13.2 Å². The zero-order chi connectivity index (χ0) is 71.3. The highest BCUT2D eigenvalue weighted by molar-refractivity contribution is 5.95. The maximum atomic E-state index is 15.6. The van der Waals surface area contributed by atoms with E-state index in [4.69, 9.17) is 37.9 Å². The highest BCUT2D eigenvalue weighted by Gasteiger charge is 2.66. The van der Waals surface area contributed by atoms with Crippen LogP contribution in [0.1, 0.15) is 204 Å². The molecule has 6 aliphatic carbocycles. The van der Waals surface area contributed by atoms with E-state index in [-0.39, 0.29) is 58.8 Å². The predicted octanol–water partition coefficient (Wildman–Crippen LogP) is 11.6. The molecular weight excluding hydrogens is 1270 g/mol. The van der Waals surface area contributed by atoms with Crippen molar-refractivity contribution in [1.82, 2.24) is 5.32 Å². The van der Waals surface area contributed by atoms with Crippen molar-refractivity contribution in [3.63, 3.8) is 0 Å². The van der Waals surface area contributed by atoms with Crippen molar-refractivity contribution in [3.05, 3.63) is 130 Å². The van der Waals surface area contributed by atoms with Crippen LogP contribution in [0, 0.1) is 58.2 Å². The monoisotopic (exact) mass is 1370 g/mol. The zero-order valence-corrected chi connectivity index (χ0v) is 59.0. The number of carbonyl (C=O) groups excluding carboxylic acids is 9. The molecule has 0 spiro atoms. The Balaban J connectivity index is 0.875. The second-order valence-corrected chi connectivity index (χ2v) is 30.3. The Morgan fingerprint density at radius 2 is 1.40 bits per heavy atom. The van der Waals surface area contributed by atoms with Crippen molar-refractivity contribution in [1.29, 1.82) is 0 Å². The van der Waals surface area contributed by atoms with Crippen LogP contribution in [0.2, 0.25) is 0 Å². The molecule has 19 unspecified atom stereocenters. The summed E-state index contributed by atoms with van der Waals surface area (Å²) >= 11 is 0. The Morgan fingerprint density at radius 1 is 0.737 bits per heavy atom. The third-order valence-electron chi connectivity index (χ3n) is 23.8. The fraction of sp³-hybridized carbons (Fsp3) is 0.608. The molecule has 3 aromatic rings. The maximum absolute atomic E-state index is 15.6. The third-order valence-corrected chi connectivity index (χ3v) is 23.8. The van der Waals surface area contributed by atoms with Gasteiger partial charge in [-0.3, -0.25) is 28.8 Å². The molecule has 99 heavy (non-hydrogen) atoms. The van der Waals surface area contributed by atoms with Gasteiger partial charge in [-0.1, -0.05) is 146 Å². The van der Waals surface area contributed by atoms with Gasteiger partial charge in [-0.25, -0.2) is 14.4 Å². The lowest BCUT2D eigenvalue weighted by molar-refractivity contribution is -0.298. The molecule has 7 aliphatic rings. The molecule has 20 nitrogen and oxygen atoms in total. The van der Waals surface area contributed by atoms with Crippen molar-refractivity contribution >= 4 is 53.5 Å². The standard InChI is InChI=1S/C79H101NO19/c1-45(2)21-20-22-46(3)59-31-32-60-58-30-29-55-39-57(35-37-76(55,9)61(58)36-38-77(59,60)10)95-66(86)34-33-65(85)92-43-67(87)97-71(69(52-23-14-11-15-24-52)80-73(88)53-25-16-12-17-26-53)75(90)96-63-42-78(91)48(5)68(47(63)4)70(94-50(7)81)62(84)40-56(83)41-64-79(44-93-64,99-51(8)82)49(6)72(78)98-74(89)54-27-18-13-19-28-54/h11-19,23-29,45-46,48-49,56-61,63-64,69-72,83,91H,20-22,30-44H2,1-10H3,(H,80,88). The average Bonchev–Trinajstić information content (AvgIpc) is 1.68. The van der Waals surface area contributed by atoms with E-state index < -0.39 is 145 Å². The number of amides is 1. The summed E-state index contributed by atoms with van der Waals surface area (Å²) in [5.74, 6) is -6.70. The number of fused-ring (bicyclic) bond motifs is 8. The lowest BCUT2D eigenvalue weighted by Crippen LogP contribution is -2.71. The number of hydrogen-bond acceptors (Lipinski definition) is 19. The van der Waals surface area contributed by atoms with E-state index in [1.165, 1.54) is 88.6 Å². The summed E-state index contributed by atoms with van der Waals surface area (Å²) in [6.45, 7) is 17.6. The largest absolute Gasteiger partial charge is 0.462 e.